The highest BCUT2D eigenvalue weighted by atomic mass is 35.5. The Kier molecular flexibility index (Phi) is 2.63. The van der Waals surface area contributed by atoms with Crippen LogP contribution in [-0.2, 0) is 0 Å². The fraction of sp³-hybridized carbons (Fsp3) is 0.545. The van der Waals surface area contributed by atoms with Crippen molar-refractivity contribution in [3.8, 4) is 0 Å². The lowest BCUT2D eigenvalue weighted by molar-refractivity contribution is 0.553. The zero-order valence-corrected chi connectivity index (χ0v) is 10.4. The van der Waals surface area contributed by atoms with E-state index in [0.717, 1.165) is 5.82 Å². The number of anilines is 1. The van der Waals surface area contributed by atoms with Crippen LogP contribution >= 0.6 is 11.6 Å². The van der Waals surface area contributed by atoms with Gasteiger partial charge in [-0.1, -0.05) is 24.9 Å². The molecule has 0 radical (unpaired) electrons. The van der Waals surface area contributed by atoms with Crippen molar-refractivity contribution < 1.29 is 0 Å². The van der Waals surface area contributed by atoms with Crippen LogP contribution in [0, 0.1) is 5.92 Å². The quantitative estimate of drug-likeness (QED) is 0.833. The van der Waals surface area contributed by atoms with E-state index in [1.807, 2.05) is 0 Å². The van der Waals surface area contributed by atoms with Gasteiger partial charge in [-0.05, 0) is 18.8 Å². The SMILES string of the molecule is CC1CCCC1Nc1cc(Cl)nc2ncnn12. The zero-order valence-electron chi connectivity index (χ0n) is 9.60. The largest absolute Gasteiger partial charge is 0.367 e. The van der Waals surface area contributed by atoms with Gasteiger partial charge in [-0.15, -0.1) is 0 Å². The van der Waals surface area contributed by atoms with Crippen molar-refractivity contribution in [2.45, 2.75) is 32.2 Å². The maximum Gasteiger partial charge on any atom is 0.255 e. The first-order chi connectivity index (χ1) is 8.24. The zero-order chi connectivity index (χ0) is 11.8. The standard InChI is InChI=1S/C11H14ClN5/c1-7-3-2-4-8(7)15-10-5-9(12)16-11-13-6-14-17(10)11/h5-8,15H,2-4H2,1H3. The lowest BCUT2D eigenvalue weighted by Crippen LogP contribution is -2.23. The second-order valence-electron chi connectivity index (χ2n) is 4.59. The Hall–Kier alpha value is -1.36. The Bertz CT molecular complexity index is 538. The predicted molar refractivity (Wildman–Crippen MR) is 66.2 cm³/mol. The highest BCUT2D eigenvalue weighted by Gasteiger charge is 2.24. The lowest BCUT2D eigenvalue weighted by atomic mass is 10.1. The molecular formula is C11H14ClN5. The third-order valence-electron chi connectivity index (χ3n) is 3.42. The monoisotopic (exact) mass is 251 g/mol. The van der Waals surface area contributed by atoms with E-state index in [1.54, 1.807) is 10.6 Å². The molecule has 2 heterocycles. The van der Waals surface area contributed by atoms with Crippen molar-refractivity contribution in [3.05, 3.63) is 17.5 Å². The fourth-order valence-corrected chi connectivity index (χ4v) is 2.61. The fourth-order valence-electron chi connectivity index (χ4n) is 2.44. The molecule has 17 heavy (non-hydrogen) atoms. The summed E-state index contributed by atoms with van der Waals surface area (Å²) in [4.78, 5) is 8.15. The first-order valence-electron chi connectivity index (χ1n) is 5.87. The van der Waals surface area contributed by atoms with Gasteiger partial charge in [0.1, 0.15) is 17.3 Å². The molecule has 2 aromatic rings. The van der Waals surface area contributed by atoms with Gasteiger partial charge in [-0.25, -0.2) is 0 Å². The summed E-state index contributed by atoms with van der Waals surface area (Å²) in [5.74, 6) is 2.09. The van der Waals surface area contributed by atoms with Crippen LogP contribution in [0.15, 0.2) is 12.4 Å². The van der Waals surface area contributed by atoms with E-state index >= 15 is 0 Å². The van der Waals surface area contributed by atoms with Crippen LogP contribution in [0.4, 0.5) is 5.82 Å². The van der Waals surface area contributed by atoms with Crippen LogP contribution in [0.2, 0.25) is 5.15 Å². The second-order valence-corrected chi connectivity index (χ2v) is 4.98. The molecule has 2 unspecified atom stereocenters. The van der Waals surface area contributed by atoms with Crippen LogP contribution in [0.25, 0.3) is 5.78 Å². The molecule has 0 aromatic carbocycles. The van der Waals surface area contributed by atoms with Crippen LogP contribution < -0.4 is 5.32 Å². The van der Waals surface area contributed by atoms with E-state index in [0.29, 0.717) is 22.9 Å². The normalized spacial score (nSPS) is 24.4. The summed E-state index contributed by atoms with van der Waals surface area (Å²) < 4.78 is 1.69. The minimum absolute atomic E-state index is 0.443. The molecule has 0 spiro atoms. The number of hydrogen-bond donors (Lipinski definition) is 1. The number of rotatable bonds is 2. The molecule has 5 nitrogen and oxygen atoms in total. The number of hydrogen-bond acceptors (Lipinski definition) is 4. The van der Waals surface area contributed by atoms with Gasteiger partial charge in [0.2, 0.25) is 0 Å². The van der Waals surface area contributed by atoms with Gasteiger partial charge < -0.3 is 5.32 Å². The highest BCUT2D eigenvalue weighted by molar-refractivity contribution is 6.29. The third-order valence-corrected chi connectivity index (χ3v) is 3.61. The van der Waals surface area contributed by atoms with E-state index in [1.165, 1.54) is 25.6 Å². The molecule has 0 aliphatic heterocycles. The molecule has 1 saturated carbocycles. The Balaban J connectivity index is 1.96. The summed E-state index contributed by atoms with van der Waals surface area (Å²) in [6.07, 6.45) is 5.23. The van der Waals surface area contributed by atoms with Gasteiger partial charge in [0.15, 0.2) is 0 Å². The van der Waals surface area contributed by atoms with Crippen LogP contribution in [0.1, 0.15) is 26.2 Å². The van der Waals surface area contributed by atoms with Crippen molar-refractivity contribution in [2.24, 2.45) is 5.92 Å². The smallest absolute Gasteiger partial charge is 0.255 e. The molecule has 1 fully saturated rings. The van der Waals surface area contributed by atoms with E-state index in [9.17, 15) is 0 Å². The summed E-state index contributed by atoms with van der Waals surface area (Å²) in [6.45, 7) is 2.27. The van der Waals surface area contributed by atoms with Crippen molar-refractivity contribution >= 4 is 23.2 Å². The van der Waals surface area contributed by atoms with Crippen LogP contribution in [0.5, 0.6) is 0 Å². The Morgan fingerprint density at radius 1 is 1.47 bits per heavy atom. The van der Waals surface area contributed by atoms with Gasteiger partial charge in [0.25, 0.3) is 5.78 Å². The molecule has 90 valence electrons. The lowest BCUT2D eigenvalue weighted by Gasteiger charge is -2.18. The molecule has 6 heteroatoms. The number of nitrogens with zero attached hydrogens (tertiary/aromatic N) is 4. The highest BCUT2D eigenvalue weighted by Crippen LogP contribution is 2.28. The summed E-state index contributed by atoms with van der Waals surface area (Å²) in [7, 11) is 0. The summed E-state index contributed by atoms with van der Waals surface area (Å²) in [5, 5.41) is 8.09. The number of halogens is 1. The van der Waals surface area contributed by atoms with E-state index in [4.69, 9.17) is 11.6 Å². The molecule has 1 N–H and O–H groups in total. The topological polar surface area (TPSA) is 55.1 Å². The van der Waals surface area contributed by atoms with E-state index in [-0.39, 0.29) is 0 Å². The Morgan fingerprint density at radius 3 is 3.12 bits per heavy atom. The summed E-state index contributed by atoms with van der Waals surface area (Å²) in [5.41, 5.74) is 0. The van der Waals surface area contributed by atoms with E-state index < -0.39 is 0 Å². The maximum atomic E-state index is 5.97. The molecule has 0 bridgehead atoms. The number of aromatic nitrogens is 4. The molecule has 0 amide bonds. The average Bonchev–Trinajstić information content (AvgIpc) is 2.88. The van der Waals surface area contributed by atoms with Gasteiger partial charge in [0, 0.05) is 12.1 Å². The molecule has 2 atom stereocenters. The molecule has 3 rings (SSSR count). The molecule has 1 aliphatic carbocycles. The first-order valence-corrected chi connectivity index (χ1v) is 6.24. The predicted octanol–water partition coefficient (Wildman–Crippen LogP) is 2.38. The molecule has 1 aliphatic rings. The maximum absolute atomic E-state index is 5.97. The van der Waals surface area contributed by atoms with Crippen molar-refractivity contribution in [1.82, 2.24) is 19.6 Å². The summed E-state index contributed by atoms with van der Waals surface area (Å²) in [6, 6.07) is 2.29. The minimum atomic E-state index is 0.443. The van der Waals surface area contributed by atoms with Crippen LogP contribution in [0.3, 0.4) is 0 Å². The van der Waals surface area contributed by atoms with E-state index in [2.05, 4.69) is 27.3 Å². The first kappa shape index (κ1) is 10.8. The van der Waals surface area contributed by atoms with Crippen LogP contribution in [-0.4, -0.2) is 25.6 Å². The minimum Gasteiger partial charge on any atom is -0.367 e. The number of fused-ring (bicyclic) bond motifs is 1. The van der Waals surface area contributed by atoms with Gasteiger partial charge in [-0.2, -0.15) is 19.6 Å². The van der Waals surface area contributed by atoms with Gasteiger partial charge in [0.05, 0.1) is 0 Å². The van der Waals surface area contributed by atoms with Crippen molar-refractivity contribution in [3.63, 3.8) is 0 Å². The summed E-state index contributed by atoms with van der Waals surface area (Å²) >= 11 is 5.97. The molecule has 2 aromatic heterocycles. The van der Waals surface area contributed by atoms with Gasteiger partial charge in [-0.3, -0.25) is 0 Å². The Morgan fingerprint density at radius 2 is 2.35 bits per heavy atom. The number of nitrogens with one attached hydrogen (secondary N) is 1. The van der Waals surface area contributed by atoms with Gasteiger partial charge >= 0.3 is 0 Å². The second kappa shape index (κ2) is 4.14. The van der Waals surface area contributed by atoms with Crippen molar-refractivity contribution in [2.75, 3.05) is 5.32 Å². The molecular weight excluding hydrogens is 238 g/mol. The third kappa shape index (κ3) is 1.95. The Labute approximate surface area is 104 Å². The molecule has 0 saturated heterocycles. The average molecular weight is 252 g/mol. The van der Waals surface area contributed by atoms with Crippen molar-refractivity contribution in [1.29, 1.82) is 0 Å².